The second kappa shape index (κ2) is 10.8. The van der Waals surface area contributed by atoms with Gasteiger partial charge in [-0.25, -0.2) is 0 Å². The van der Waals surface area contributed by atoms with Crippen LogP contribution in [0.25, 0.3) is 0 Å². The molecule has 1 aromatic carbocycles. The van der Waals surface area contributed by atoms with E-state index in [0.29, 0.717) is 6.42 Å². The zero-order chi connectivity index (χ0) is 15.4. The molecule has 0 bridgehead atoms. The van der Waals surface area contributed by atoms with E-state index in [1.54, 1.807) is 13.8 Å². The van der Waals surface area contributed by atoms with Crippen molar-refractivity contribution in [2.75, 3.05) is 31.1 Å². The van der Waals surface area contributed by atoms with Gasteiger partial charge in [-0.15, -0.1) is 0 Å². The summed E-state index contributed by atoms with van der Waals surface area (Å²) in [7, 11) is 0. The number of hydrogen-bond donors (Lipinski definition) is 1. The fourth-order valence-electron chi connectivity index (χ4n) is 2.56. The van der Waals surface area contributed by atoms with Gasteiger partial charge in [-0.05, 0) is 24.1 Å². The number of carboxylic acids is 1. The number of hydrogen-bond acceptors (Lipinski definition) is 3. The Balaban J connectivity index is 0.00000242. The average Bonchev–Trinajstić information content (AvgIpc) is 2.48. The standard InChI is InChI=1S/C16H22N2O3.CH3.Cs/c1-12(16(20)21)11-14-3-5-15(6-4-14)18-9-7-17(8-10-18)13(2)19;;/h3-6,12H,7-11H2,1-2H3,(H,20,21);1H3;/q;-1;+1/t12-;;/m0../s1. The fourth-order valence-corrected chi connectivity index (χ4v) is 2.56. The van der Waals surface area contributed by atoms with Crippen LogP contribution >= 0.6 is 0 Å². The zero-order valence-corrected chi connectivity index (χ0v) is 20.9. The molecule has 1 saturated heterocycles. The zero-order valence-electron chi connectivity index (χ0n) is 14.6. The molecule has 0 spiro atoms. The number of aliphatic carboxylic acids is 1. The van der Waals surface area contributed by atoms with E-state index in [-0.39, 0.29) is 88.1 Å². The Labute approximate surface area is 197 Å². The Hall–Kier alpha value is 0.0119. The minimum atomic E-state index is -0.764. The summed E-state index contributed by atoms with van der Waals surface area (Å²) < 4.78 is 0. The summed E-state index contributed by atoms with van der Waals surface area (Å²) in [5, 5.41) is 8.93. The third-order valence-corrected chi connectivity index (χ3v) is 3.99. The van der Waals surface area contributed by atoms with Crippen LogP contribution in [0.15, 0.2) is 24.3 Å². The van der Waals surface area contributed by atoms with Gasteiger partial charge in [0.2, 0.25) is 5.91 Å². The van der Waals surface area contributed by atoms with Crippen LogP contribution in [-0.4, -0.2) is 48.1 Å². The Morgan fingerprint density at radius 3 is 2.09 bits per heavy atom. The molecule has 122 valence electrons. The molecule has 1 amide bonds. The summed E-state index contributed by atoms with van der Waals surface area (Å²) in [6.45, 7) is 6.51. The first-order valence-corrected chi connectivity index (χ1v) is 7.29. The fraction of sp³-hybridized carbons (Fsp3) is 0.471. The van der Waals surface area contributed by atoms with Crippen molar-refractivity contribution < 1.29 is 83.6 Å². The maximum absolute atomic E-state index is 11.3. The first kappa shape index (κ1) is 23.0. The number of benzene rings is 1. The van der Waals surface area contributed by atoms with E-state index in [1.165, 1.54) is 0 Å². The van der Waals surface area contributed by atoms with Gasteiger partial charge in [-0.2, -0.15) is 0 Å². The average molecular weight is 438 g/mol. The normalized spacial score (nSPS) is 15.2. The summed E-state index contributed by atoms with van der Waals surface area (Å²) in [6.07, 6.45) is 0.549. The van der Waals surface area contributed by atoms with Crippen LogP contribution in [-0.2, 0) is 16.0 Å². The third kappa shape index (κ3) is 6.80. The molecule has 0 unspecified atom stereocenters. The molecule has 0 aromatic heterocycles. The molecule has 0 radical (unpaired) electrons. The van der Waals surface area contributed by atoms with Crippen LogP contribution in [0.5, 0.6) is 0 Å². The van der Waals surface area contributed by atoms with Crippen molar-refractivity contribution in [1.82, 2.24) is 4.90 Å². The summed E-state index contributed by atoms with van der Waals surface area (Å²) in [6, 6.07) is 8.05. The molecule has 1 aliphatic heterocycles. The quantitative estimate of drug-likeness (QED) is 0.618. The van der Waals surface area contributed by atoms with Crippen LogP contribution < -0.4 is 73.8 Å². The monoisotopic (exact) mass is 438 g/mol. The van der Waals surface area contributed by atoms with E-state index >= 15 is 0 Å². The molecule has 1 N–H and O–H groups in total. The second-order valence-corrected chi connectivity index (χ2v) is 5.60. The van der Waals surface area contributed by atoms with Crippen molar-refractivity contribution in [3.8, 4) is 0 Å². The van der Waals surface area contributed by atoms with Gasteiger partial charge in [-0.1, -0.05) is 19.1 Å². The van der Waals surface area contributed by atoms with E-state index in [9.17, 15) is 9.59 Å². The van der Waals surface area contributed by atoms with E-state index in [4.69, 9.17) is 5.11 Å². The first-order chi connectivity index (χ1) is 9.97. The van der Waals surface area contributed by atoms with E-state index < -0.39 is 5.97 Å². The van der Waals surface area contributed by atoms with Crippen molar-refractivity contribution in [3.05, 3.63) is 37.3 Å². The molecule has 2 rings (SSSR count). The predicted molar refractivity (Wildman–Crippen MR) is 87.8 cm³/mol. The molecule has 1 aliphatic rings. The van der Waals surface area contributed by atoms with Crippen molar-refractivity contribution >= 4 is 17.6 Å². The molecule has 6 heteroatoms. The van der Waals surface area contributed by atoms with Crippen LogP contribution in [0.1, 0.15) is 19.4 Å². The van der Waals surface area contributed by atoms with Gasteiger partial charge in [0.15, 0.2) is 0 Å². The van der Waals surface area contributed by atoms with Crippen molar-refractivity contribution in [1.29, 1.82) is 0 Å². The Morgan fingerprint density at radius 1 is 1.13 bits per heavy atom. The summed E-state index contributed by atoms with van der Waals surface area (Å²) in [5.41, 5.74) is 2.17. The summed E-state index contributed by atoms with van der Waals surface area (Å²) >= 11 is 0. The molecular weight excluding hydrogens is 413 g/mol. The number of piperazine rings is 1. The number of carbonyl (C=O) groups excluding carboxylic acids is 1. The minimum Gasteiger partial charge on any atom is -0.481 e. The van der Waals surface area contributed by atoms with Gasteiger partial charge in [-0.3, -0.25) is 9.59 Å². The van der Waals surface area contributed by atoms with Gasteiger partial charge >= 0.3 is 74.9 Å². The van der Waals surface area contributed by atoms with Crippen molar-refractivity contribution in [2.24, 2.45) is 5.92 Å². The molecule has 1 atom stereocenters. The number of rotatable bonds is 4. The molecule has 23 heavy (non-hydrogen) atoms. The van der Waals surface area contributed by atoms with Gasteiger partial charge in [0.25, 0.3) is 0 Å². The maximum Gasteiger partial charge on any atom is 1.00 e. The van der Waals surface area contributed by atoms with Crippen molar-refractivity contribution in [3.63, 3.8) is 0 Å². The van der Waals surface area contributed by atoms with Gasteiger partial charge in [0.05, 0.1) is 5.92 Å². The van der Waals surface area contributed by atoms with Gasteiger partial charge in [0, 0.05) is 38.8 Å². The van der Waals surface area contributed by atoms with Crippen LogP contribution in [0.2, 0.25) is 0 Å². The first-order valence-electron chi connectivity index (χ1n) is 7.29. The summed E-state index contributed by atoms with van der Waals surface area (Å²) in [5.74, 6) is -0.998. The number of amides is 1. The van der Waals surface area contributed by atoms with Crippen LogP contribution in [0.3, 0.4) is 0 Å². The largest absolute Gasteiger partial charge is 1.00 e. The Morgan fingerprint density at radius 2 is 1.65 bits per heavy atom. The molecular formula is C17H25CsN2O3. The second-order valence-electron chi connectivity index (χ2n) is 5.60. The molecule has 5 nitrogen and oxygen atoms in total. The Bertz CT molecular complexity index is 511. The number of carboxylic acid groups (broad SMARTS) is 1. The van der Waals surface area contributed by atoms with Gasteiger partial charge < -0.3 is 22.3 Å². The SMILES string of the molecule is CC(=O)N1CCN(c2ccc(C[C@H](C)C(=O)O)cc2)CC1.[CH3-].[Cs+]. The smallest absolute Gasteiger partial charge is 0.481 e. The predicted octanol–water partition coefficient (Wildman–Crippen LogP) is -0.927. The van der Waals surface area contributed by atoms with E-state index in [0.717, 1.165) is 37.4 Å². The van der Waals surface area contributed by atoms with Crippen molar-refractivity contribution in [2.45, 2.75) is 20.3 Å². The molecule has 1 heterocycles. The van der Waals surface area contributed by atoms with Crippen LogP contribution in [0.4, 0.5) is 5.69 Å². The maximum atomic E-state index is 11.3. The van der Waals surface area contributed by atoms with E-state index in [2.05, 4.69) is 4.90 Å². The number of carbonyl (C=O) groups is 2. The van der Waals surface area contributed by atoms with E-state index in [1.807, 2.05) is 29.2 Å². The number of nitrogens with zero attached hydrogens (tertiary/aromatic N) is 2. The topological polar surface area (TPSA) is 60.9 Å². The Kier molecular flexibility index (Phi) is 10.8. The number of anilines is 1. The van der Waals surface area contributed by atoms with Gasteiger partial charge in [0.1, 0.15) is 0 Å². The molecule has 0 aliphatic carbocycles. The minimum absolute atomic E-state index is 0. The third-order valence-electron chi connectivity index (χ3n) is 3.99. The summed E-state index contributed by atoms with van der Waals surface area (Å²) in [4.78, 5) is 26.3. The van der Waals surface area contributed by atoms with Crippen LogP contribution in [0, 0.1) is 13.3 Å². The molecule has 0 saturated carbocycles. The molecule has 1 aromatic rings. The molecule has 1 fully saturated rings.